The SMILES string of the molecule is Cc1cncc(-n2c(=O)c(Cc3cc(F)c(F)c(F)c3)c(N3CCCC3)n(CC#N)c2=O)c1. The fraction of sp³-hybridized carbons (Fsp3) is 0.304. The lowest BCUT2D eigenvalue weighted by molar-refractivity contribution is 0.445. The lowest BCUT2D eigenvalue weighted by atomic mass is 10.0. The second-order valence-corrected chi connectivity index (χ2v) is 7.93. The molecule has 0 N–H and O–H groups in total. The standard InChI is InChI=1S/C23H20F3N5O2/c1-14-8-16(13-28-12-14)31-22(32)17(9-15-10-18(24)20(26)19(25)11-15)21(29-5-2-3-6-29)30(7-4-27)23(31)33/h8,10-13H,2-3,5-7,9H2,1H3. The third-order valence-electron chi connectivity index (χ3n) is 5.59. The predicted octanol–water partition coefficient (Wildman–Crippen LogP) is 2.83. The predicted molar refractivity (Wildman–Crippen MR) is 115 cm³/mol. The minimum Gasteiger partial charge on any atom is -0.357 e. The Kier molecular flexibility index (Phi) is 6.05. The zero-order valence-electron chi connectivity index (χ0n) is 17.8. The van der Waals surface area contributed by atoms with Crippen molar-refractivity contribution in [2.75, 3.05) is 18.0 Å². The Morgan fingerprint density at radius 1 is 1.06 bits per heavy atom. The first-order valence-electron chi connectivity index (χ1n) is 10.4. The molecular formula is C23H20F3N5O2. The summed E-state index contributed by atoms with van der Waals surface area (Å²) in [6, 6.07) is 5.20. The zero-order valence-corrected chi connectivity index (χ0v) is 17.8. The van der Waals surface area contributed by atoms with Crippen LogP contribution in [0.15, 0.2) is 40.2 Å². The summed E-state index contributed by atoms with van der Waals surface area (Å²) in [5.41, 5.74) is -0.371. The first-order valence-corrected chi connectivity index (χ1v) is 10.4. The molecule has 1 aromatic carbocycles. The molecular weight excluding hydrogens is 435 g/mol. The molecule has 0 unspecified atom stereocenters. The Labute approximate surface area is 187 Å². The van der Waals surface area contributed by atoms with Crippen LogP contribution < -0.4 is 16.1 Å². The van der Waals surface area contributed by atoms with Crippen LogP contribution in [0.4, 0.5) is 19.0 Å². The van der Waals surface area contributed by atoms with Crippen LogP contribution in [-0.2, 0) is 13.0 Å². The van der Waals surface area contributed by atoms with Gasteiger partial charge in [-0.1, -0.05) is 0 Å². The maximum Gasteiger partial charge on any atom is 0.338 e. The maximum atomic E-state index is 13.9. The normalized spacial score (nSPS) is 13.4. The molecule has 3 aromatic rings. The number of aryl methyl sites for hydroxylation is 1. The van der Waals surface area contributed by atoms with Crippen molar-refractivity contribution in [3.63, 3.8) is 0 Å². The number of hydrogen-bond acceptors (Lipinski definition) is 5. The number of halogens is 3. The summed E-state index contributed by atoms with van der Waals surface area (Å²) in [5.74, 6) is -4.11. The number of nitriles is 1. The molecule has 0 aliphatic carbocycles. The maximum absolute atomic E-state index is 13.9. The van der Waals surface area contributed by atoms with Gasteiger partial charge < -0.3 is 4.90 Å². The fourth-order valence-corrected chi connectivity index (χ4v) is 4.15. The Bertz CT molecular complexity index is 1360. The van der Waals surface area contributed by atoms with Crippen molar-refractivity contribution in [1.29, 1.82) is 5.26 Å². The molecule has 0 saturated carbocycles. The van der Waals surface area contributed by atoms with Gasteiger partial charge in [0.25, 0.3) is 5.56 Å². The van der Waals surface area contributed by atoms with E-state index >= 15 is 0 Å². The molecule has 10 heteroatoms. The highest BCUT2D eigenvalue weighted by Crippen LogP contribution is 2.25. The van der Waals surface area contributed by atoms with Crippen molar-refractivity contribution in [3.05, 3.63) is 85.6 Å². The summed E-state index contributed by atoms with van der Waals surface area (Å²) in [5, 5.41) is 9.40. The van der Waals surface area contributed by atoms with Crippen molar-refractivity contribution in [1.82, 2.24) is 14.1 Å². The van der Waals surface area contributed by atoms with Gasteiger partial charge in [-0.15, -0.1) is 0 Å². The van der Waals surface area contributed by atoms with Crippen molar-refractivity contribution >= 4 is 5.82 Å². The quantitative estimate of drug-likeness (QED) is 0.553. The molecule has 0 spiro atoms. The Hall–Kier alpha value is -3.87. The van der Waals surface area contributed by atoms with Gasteiger partial charge in [-0.3, -0.25) is 14.3 Å². The van der Waals surface area contributed by atoms with Gasteiger partial charge in [-0.25, -0.2) is 22.5 Å². The van der Waals surface area contributed by atoms with Gasteiger partial charge in [0.2, 0.25) is 0 Å². The average molecular weight is 455 g/mol. The summed E-state index contributed by atoms with van der Waals surface area (Å²) < 4.78 is 43.3. The molecule has 0 radical (unpaired) electrons. The first-order chi connectivity index (χ1) is 15.8. The van der Waals surface area contributed by atoms with E-state index in [1.165, 1.54) is 10.8 Å². The number of benzene rings is 1. The molecule has 3 heterocycles. The Morgan fingerprint density at radius 3 is 2.33 bits per heavy atom. The van der Waals surface area contributed by atoms with Crippen molar-refractivity contribution in [3.8, 4) is 11.8 Å². The van der Waals surface area contributed by atoms with Gasteiger partial charge in [0.05, 0.1) is 23.5 Å². The second-order valence-electron chi connectivity index (χ2n) is 7.93. The third-order valence-corrected chi connectivity index (χ3v) is 5.59. The molecule has 1 fully saturated rings. The van der Waals surface area contributed by atoms with Crippen molar-refractivity contribution < 1.29 is 13.2 Å². The second kappa shape index (κ2) is 8.94. The van der Waals surface area contributed by atoms with Crippen LogP contribution in [0.3, 0.4) is 0 Å². The van der Waals surface area contributed by atoms with Crippen LogP contribution >= 0.6 is 0 Å². The lowest BCUT2D eigenvalue weighted by Gasteiger charge is -2.25. The molecule has 2 aromatic heterocycles. The fourth-order valence-electron chi connectivity index (χ4n) is 4.15. The van der Waals surface area contributed by atoms with Crippen LogP contribution in [0.2, 0.25) is 0 Å². The summed E-state index contributed by atoms with van der Waals surface area (Å²) in [6.45, 7) is 2.53. The topological polar surface area (TPSA) is 83.9 Å². The van der Waals surface area contributed by atoms with E-state index in [4.69, 9.17) is 0 Å². The van der Waals surface area contributed by atoms with E-state index in [-0.39, 0.29) is 35.6 Å². The van der Waals surface area contributed by atoms with E-state index in [9.17, 15) is 28.0 Å². The van der Waals surface area contributed by atoms with E-state index in [1.54, 1.807) is 19.2 Å². The molecule has 1 aliphatic rings. The minimum atomic E-state index is -1.60. The lowest BCUT2D eigenvalue weighted by Crippen LogP contribution is -2.44. The number of nitrogens with zero attached hydrogens (tertiary/aromatic N) is 5. The first kappa shape index (κ1) is 22.3. The van der Waals surface area contributed by atoms with E-state index in [1.807, 2.05) is 11.0 Å². The van der Waals surface area contributed by atoms with E-state index < -0.39 is 28.7 Å². The number of anilines is 1. The Morgan fingerprint density at radius 2 is 1.73 bits per heavy atom. The number of pyridine rings is 1. The van der Waals surface area contributed by atoms with Crippen LogP contribution in [0.1, 0.15) is 29.5 Å². The minimum absolute atomic E-state index is 0.0278. The molecule has 33 heavy (non-hydrogen) atoms. The molecule has 1 aliphatic heterocycles. The number of hydrogen-bond donors (Lipinski definition) is 0. The largest absolute Gasteiger partial charge is 0.357 e. The third kappa shape index (κ3) is 4.14. The molecule has 1 saturated heterocycles. The van der Waals surface area contributed by atoms with Crippen molar-refractivity contribution in [2.45, 2.75) is 32.7 Å². The highest BCUT2D eigenvalue weighted by molar-refractivity contribution is 5.51. The summed E-state index contributed by atoms with van der Waals surface area (Å²) >= 11 is 0. The van der Waals surface area contributed by atoms with Gasteiger partial charge in [0.15, 0.2) is 17.5 Å². The Balaban J connectivity index is 2.03. The van der Waals surface area contributed by atoms with Gasteiger partial charge in [-0.2, -0.15) is 5.26 Å². The summed E-state index contributed by atoms with van der Waals surface area (Å²) in [6.07, 6.45) is 4.30. The summed E-state index contributed by atoms with van der Waals surface area (Å²) in [4.78, 5) is 32.9. The molecule has 0 bridgehead atoms. The molecule has 170 valence electrons. The van der Waals surface area contributed by atoms with Crippen LogP contribution in [0, 0.1) is 35.7 Å². The van der Waals surface area contributed by atoms with E-state index in [0.717, 1.165) is 29.5 Å². The highest BCUT2D eigenvalue weighted by atomic mass is 19.2. The van der Waals surface area contributed by atoms with Gasteiger partial charge in [-0.05, 0) is 49.1 Å². The molecule has 0 atom stereocenters. The van der Waals surface area contributed by atoms with Gasteiger partial charge in [0, 0.05) is 25.7 Å². The highest BCUT2D eigenvalue weighted by Gasteiger charge is 2.27. The summed E-state index contributed by atoms with van der Waals surface area (Å²) in [7, 11) is 0. The average Bonchev–Trinajstić information content (AvgIpc) is 3.30. The monoisotopic (exact) mass is 455 g/mol. The number of aromatic nitrogens is 3. The van der Waals surface area contributed by atoms with Crippen molar-refractivity contribution in [2.24, 2.45) is 0 Å². The number of rotatable bonds is 5. The van der Waals surface area contributed by atoms with Crippen LogP contribution in [-0.4, -0.2) is 27.2 Å². The van der Waals surface area contributed by atoms with Crippen LogP contribution in [0.25, 0.3) is 5.69 Å². The molecule has 7 nitrogen and oxygen atoms in total. The van der Waals surface area contributed by atoms with Crippen LogP contribution in [0.5, 0.6) is 0 Å². The smallest absolute Gasteiger partial charge is 0.338 e. The van der Waals surface area contributed by atoms with Gasteiger partial charge >= 0.3 is 5.69 Å². The van der Waals surface area contributed by atoms with E-state index in [2.05, 4.69) is 4.98 Å². The van der Waals surface area contributed by atoms with Gasteiger partial charge in [0.1, 0.15) is 12.4 Å². The zero-order chi connectivity index (χ0) is 23.7. The molecule has 0 amide bonds. The molecule has 4 rings (SSSR count). The van der Waals surface area contributed by atoms with E-state index in [0.29, 0.717) is 18.7 Å².